The van der Waals surface area contributed by atoms with Crippen molar-refractivity contribution in [3.8, 4) is 11.5 Å². The molecule has 3 aromatic rings. The second-order valence-corrected chi connectivity index (χ2v) is 5.46. The van der Waals surface area contributed by atoms with Gasteiger partial charge in [0.05, 0.1) is 6.07 Å². The number of oxazole rings is 1. The minimum absolute atomic E-state index is 0.443. The molecule has 1 aromatic heterocycles. The van der Waals surface area contributed by atoms with E-state index in [9.17, 15) is 17.3 Å². The fourth-order valence-corrected chi connectivity index (χ4v) is 1.82. The third-order valence-corrected chi connectivity index (χ3v) is 2.83. The second-order valence-electron chi connectivity index (χ2n) is 5.02. The zero-order valence-electron chi connectivity index (χ0n) is 16.6. The van der Waals surface area contributed by atoms with Crippen molar-refractivity contribution in [2.24, 2.45) is 0 Å². The van der Waals surface area contributed by atoms with E-state index in [2.05, 4.69) is 9.96 Å². The molecule has 12 nitrogen and oxygen atoms in total. The van der Waals surface area contributed by atoms with Crippen LogP contribution in [0.5, 0.6) is 0 Å². The maximum atomic E-state index is 10.1. The summed E-state index contributed by atoms with van der Waals surface area (Å²) in [5, 5.41) is 64.9. The number of hydrogen-bond acceptors (Lipinski definition) is 11. The highest BCUT2D eigenvalue weighted by molar-refractivity contribution is 6.32. The summed E-state index contributed by atoms with van der Waals surface area (Å²) >= 11 is 5.83. The smallest absolute Gasteiger partial charge is 0.436 e. The first kappa shape index (κ1) is 33.5. The molecule has 182 valence electrons. The summed E-state index contributed by atoms with van der Waals surface area (Å²) in [4.78, 5) is 7.46. The SMILES string of the molecule is N#[N+]c1ccc2oc(-c3ccc(Cl)cc3)nc2c1.OB(O)F.OB(O)F.OB(O)F.OB(O)F. The topological polar surface area (TPSA) is 216 Å². The highest BCUT2D eigenvalue weighted by atomic mass is 35.5. The molecule has 0 saturated heterocycles. The molecule has 0 atom stereocenters. The van der Waals surface area contributed by atoms with Crippen molar-refractivity contribution in [2.75, 3.05) is 0 Å². The van der Waals surface area contributed by atoms with Crippen molar-refractivity contribution in [3.05, 3.63) is 52.5 Å². The van der Waals surface area contributed by atoms with Gasteiger partial charge in [-0.1, -0.05) is 11.6 Å². The summed E-state index contributed by atoms with van der Waals surface area (Å²) in [6.45, 7) is 0. The maximum absolute atomic E-state index is 10.1. The molecule has 0 amide bonds. The van der Waals surface area contributed by atoms with Crippen LogP contribution in [0, 0.1) is 5.39 Å². The fraction of sp³-hybridized carbons (Fsp3) is 0. The van der Waals surface area contributed by atoms with E-state index in [1.807, 2.05) is 12.1 Å². The van der Waals surface area contributed by atoms with Gasteiger partial charge < -0.3 is 44.6 Å². The molecule has 0 radical (unpaired) electrons. The van der Waals surface area contributed by atoms with E-state index in [1.165, 1.54) is 0 Å². The van der Waals surface area contributed by atoms with Gasteiger partial charge in [-0.3, -0.25) is 17.3 Å². The average molecular weight is 512 g/mol. The minimum atomic E-state index is -2.67. The summed E-state index contributed by atoms with van der Waals surface area (Å²) in [7, 11) is -10.7. The fourth-order valence-electron chi connectivity index (χ4n) is 1.69. The van der Waals surface area contributed by atoms with Crippen LogP contribution in [0.1, 0.15) is 0 Å². The summed E-state index contributed by atoms with van der Waals surface area (Å²) in [6, 6.07) is 12.3. The van der Waals surface area contributed by atoms with Gasteiger partial charge in [-0.25, -0.2) is 4.98 Å². The zero-order chi connectivity index (χ0) is 26.8. The van der Waals surface area contributed by atoms with Crippen LogP contribution < -0.4 is 0 Å². The van der Waals surface area contributed by atoms with Gasteiger partial charge in [-0.05, 0) is 30.3 Å². The average Bonchev–Trinajstić information content (AvgIpc) is 3.10. The van der Waals surface area contributed by atoms with Crippen LogP contribution in [0.4, 0.5) is 23.0 Å². The second kappa shape index (κ2) is 18.7. The van der Waals surface area contributed by atoms with Gasteiger partial charge in [0.15, 0.2) is 10.6 Å². The summed E-state index contributed by atoms with van der Waals surface area (Å²) in [6.07, 6.45) is 0. The predicted octanol–water partition coefficient (Wildman–Crippen LogP) is 0.334. The molecule has 0 fully saturated rings. The van der Waals surface area contributed by atoms with Gasteiger partial charge in [0, 0.05) is 16.7 Å². The number of fused-ring (bicyclic) bond motifs is 1. The number of nitrogens with zero attached hydrogens (tertiary/aromatic N) is 3. The van der Waals surface area contributed by atoms with Crippen molar-refractivity contribution < 1.29 is 61.9 Å². The molecule has 34 heavy (non-hydrogen) atoms. The number of aromatic nitrogens is 1. The standard InChI is InChI=1S/C13H7ClN3O.4BFH2O2/c14-9-3-1-8(2-4-9)13-16-11-7-10(17-15)5-6-12(11)18-13;4*2-1(3)4/h1-7H;4*3-4H/q+1;;;;. The van der Waals surface area contributed by atoms with E-state index in [0.29, 0.717) is 27.7 Å². The van der Waals surface area contributed by atoms with Crippen molar-refractivity contribution >= 4 is 58.0 Å². The number of benzene rings is 2. The molecule has 0 spiro atoms. The number of hydrogen-bond donors (Lipinski definition) is 8. The van der Waals surface area contributed by atoms with Gasteiger partial charge in [0.25, 0.3) is 0 Å². The van der Waals surface area contributed by atoms with Crippen LogP contribution >= 0.6 is 11.6 Å². The zero-order valence-corrected chi connectivity index (χ0v) is 17.3. The molecule has 3 rings (SSSR count). The Morgan fingerprint density at radius 3 is 1.56 bits per heavy atom. The Hall–Kier alpha value is -2.72. The lowest BCUT2D eigenvalue weighted by atomic mass is 10.2. The van der Waals surface area contributed by atoms with Gasteiger partial charge in [-0.15, -0.1) is 0 Å². The molecule has 21 heteroatoms. The Labute approximate surface area is 194 Å². The van der Waals surface area contributed by atoms with Crippen LogP contribution in [-0.2, 0) is 0 Å². The highest BCUT2D eigenvalue weighted by Crippen LogP contribution is 2.27. The van der Waals surface area contributed by atoms with E-state index in [1.54, 1.807) is 30.3 Å². The third kappa shape index (κ3) is 19.9. The molecule has 0 aliphatic rings. The molecule has 0 aliphatic heterocycles. The van der Waals surface area contributed by atoms with E-state index < -0.39 is 29.6 Å². The van der Waals surface area contributed by atoms with E-state index in [0.717, 1.165) is 5.56 Å². The molecule has 1 heterocycles. The first-order valence-corrected chi connectivity index (χ1v) is 8.59. The van der Waals surface area contributed by atoms with Crippen LogP contribution in [0.25, 0.3) is 27.5 Å². The molecule has 8 N–H and O–H groups in total. The minimum Gasteiger partial charge on any atom is -0.436 e. The van der Waals surface area contributed by atoms with Crippen molar-refractivity contribution in [3.63, 3.8) is 0 Å². The van der Waals surface area contributed by atoms with Gasteiger partial charge in [0.1, 0.15) is 5.52 Å². The maximum Gasteiger partial charge on any atom is 0.674 e. The monoisotopic (exact) mass is 512 g/mol. The normalized spacial score (nSPS) is 8.71. The van der Waals surface area contributed by atoms with Crippen molar-refractivity contribution in [1.29, 1.82) is 5.39 Å². The van der Waals surface area contributed by atoms with E-state index in [4.69, 9.17) is 61.6 Å². The largest absolute Gasteiger partial charge is 0.674 e. The predicted molar refractivity (Wildman–Crippen MR) is 114 cm³/mol. The van der Waals surface area contributed by atoms with Crippen LogP contribution in [0.15, 0.2) is 46.9 Å². The highest BCUT2D eigenvalue weighted by Gasteiger charge is 2.12. The van der Waals surface area contributed by atoms with Crippen molar-refractivity contribution in [2.45, 2.75) is 0 Å². The Morgan fingerprint density at radius 1 is 0.765 bits per heavy atom. The first-order chi connectivity index (χ1) is 15.7. The van der Waals surface area contributed by atoms with Crippen LogP contribution in [-0.4, -0.2) is 74.8 Å². The van der Waals surface area contributed by atoms with Gasteiger partial charge in [-0.2, -0.15) is 0 Å². The molecule has 0 aliphatic carbocycles. The lowest BCUT2D eigenvalue weighted by Gasteiger charge is -1.94. The number of diazo groups is 1. The molecular weight excluding hydrogens is 497 g/mol. The Bertz CT molecular complexity index is 949. The summed E-state index contributed by atoms with van der Waals surface area (Å²) in [5.41, 5.74) is 2.58. The van der Waals surface area contributed by atoms with Gasteiger partial charge >= 0.3 is 35.3 Å². The van der Waals surface area contributed by atoms with E-state index in [-0.39, 0.29) is 0 Å². The summed E-state index contributed by atoms with van der Waals surface area (Å²) < 4.78 is 46.1. The lowest BCUT2D eigenvalue weighted by Crippen LogP contribution is -1.98. The Morgan fingerprint density at radius 2 is 1.18 bits per heavy atom. The quantitative estimate of drug-likeness (QED) is 0.126. The lowest BCUT2D eigenvalue weighted by molar-refractivity contribution is 0.338. The summed E-state index contributed by atoms with van der Waals surface area (Å²) in [5.74, 6) is 0.511. The third-order valence-electron chi connectivity index (χ3n) is 2.58. The molecular formula is C13H15B4ClF4N3O9+. The Balaban J connectivity index is 0. The van der Waals surface area contributed by atoms with Crippen molar-refractivity contribution in [1.82, 2.24) is 4.98 Å². The van der Waals surface area contributed by atoms with E-state index >= 15 is 0 Å². The first-order valence-electron chi connectivity index (χ1n) is 8.22. The molecule has 2 aromatic carbocycles. The number of halogens is 5. The number of rotatable bonds is 1. The van der Waals surface area contributed by atoms with Crippen LogP contribution in [0.2, 0.25) is 5.02 Å². The van der Waals surface area contributed by atoms with Crippen LogP contribution in [0.3, 0.4) is 0 Å². The Kier molecular flexibility index (Phi) is 18.4. The molecule has 0 bridgehead atoms. The molecule has 0 unspecified atom stereocenters. The molecule has 0 saturated carbocycles. The van der Waals surface area contributed by atoms with Gasteiger partial charge in [0.2, 0.25) is 11.3 Å².